The predicted octanol–water partition coefficient (Wildman–Crippen LogP) is -1.82. The van der Waals surface area contributed by atoms with Gasteiger partial charge in [-0.1, -0.05) is 0 Å². The first-order valence-corrected chi connectivity index (χ1v) is 0.655. The summed E-state index contributed by atoms with van der Waals surface area (Å²) in [6.07, 6.45) is 0. The summed E-state index contributed by atoms with van der Waals surface area (Å²) in [6.45, 7) is -3.67. The monoisotopic (exact) mass is 197 g/mol. The second-order valence-electron chi connectivity index (χ2n) is 0.247. The van der Waals surface area contributed by atoms with Gasteiger partial charge in [0.25, 0.3) is 0 Å². The molecule has 34 valence electrons. The standard InChI is InChI=1S/CHF3.HI/c2-1(3)4;/h1H;1H/p-1. The maximum absolute atomic E-state index is 9.67. The van der Waals surface area contributed by atoms with Gasteiger partial charge in [-0.15, -0.1) is 0 Å². The Hall–Kier alpha value is 0.520. The second kappa shape index (κ2) is 4.52. The Labute approximate surface area is 44.4 Å². The third kappa shape index (κ3) is 106. The highest BCUT2D eigenvalue weighted by atomic mass is 127. The summed E-state index contributed by atoms with van der Waals surface area (Å²) in [5.74, 6) is 0. The molecule has 0 aromatic heterocycles. The van der Waals surface area contributed by atoms with Crippen LogP contribution in [0, 0.1) is 0 Å². The van der Waals surface area contributed by atoms with Crippen molar-refractivity contribution >= 4 is 0 Å². The Morgan fingerprint density at radius 1 is 1.00 bits per heavy atom. The fraction of sp³-hybridized carbons (Fsp3) is 1.00. The molecular formula is CHF3I-. The zero-order valence-electron chi connectivity index (χ0n) is 2.09. The summed E-state index contributed by atoms with van der Waals surface area (Å²) in [5, 5.41) is 0. The number of hydrogen-bond donors (Lipinski definition) is 0. The third-order valence-electron chi connectivity index (χ3n) is 0. The molecule has 0 saturated heterocycles. The van der Waals surface area contributed by atoms with Crippen molar-refractivity contribution in [3.63, 3.8) is 0 Å². The topological polar surface area (TPSA) is 0 Å². The van der Waals surface area contributed by atoms with E-state index in [-0.39, 0.29) is 24.0 Å². The average Bonchev–Trinajstić information content (AvgIpc) is 0.811. The van der Waals surface area contributed by atoms with Gasteiger partial charge in [0, 0.05) is 0 Å². The summed E-state index contributed by atoms with van der Waals surface area (Å²) in [4.78, 5) is 0. The van der Waals surface area contributed by atoms with E-state index >= 15 is 0 Å². The highest BCUT2D eigenvalue weighted by Gasteiger charge is 1.86. The third-order valence-corrected chi connectivity index (χ3v) is 0. The van der Waals surface area contributed by atoms with Crippen LogP contribution in [0.2, 0.25) is 0 Å². The Morgan fingerprint density at radius 3 is 1.00 bits per heavy atom. The number of hydrogen-bond acceptors (Lipinski definition) is 0. The van der Waals surface area contributed by atoms with Crippen molar-refractivity contribution in [3.05, 3.63) is 0 Å². The average molecular weight is 197 g/mol. The van der Waals surface area contributed by atoms with E-state index in [0.29, 0.717) is 0 Å². The van der Waals surface area contributed by atoms with Crippen LogP contribution >= 0.6 is 0 Å². The smallest absolute Gasteiger partial charge is 0.379 e. The summed E-state index contributed by atoms with van der Waals surface area (Å²) in [5.41, 5.74) is 0. The maximum atomic E-state index is 9.67. The lowest BCUT2D eigenvalue weighted by Crippen LogP contribution is -3.00. The molecule has 0 aliphatic carbocycles. The van der Waals surface area contributed by atoms with Gasteiger partial charge in [-0.25, -0.2) is 0 Å². The molecule has 0 N–H and O–H groups in total. The molecule has 5 heavy (non-hydrogen) atoms. The van der Waals surface area contributed by atoms with Crippen LogP contribution < -0.4 is 24.0 Å². The molecule has 0 fully saturated rings. The summed E-state index contributed by atoms with van der Waals surface area (Å²) < 4.78 is 29.0. The van der Waals surface area contributed by atoms with E-state index in [9.17, 15) is 13.2 Å². The first-order valence-electron chi connectivity index (χ1n) is 0.655. The van der Waals surface area contributed by atoms with Crippen molar-refractivity contribution in [1.82, 2.24) is 0 Å². The summed E-state index contributed by atoms with van der Waals surface area (Å²) in [7, 11) is 0. The van der Waals surface area contributed by atoms with E-state index in [1.54, 1.807) is 0 Å². The molecule has 0 amide bonds. The molecule has 0 aromatic carbocycles. The van der Waals surface area contributed by atoms with E-state index in [1.165, 1.54) is 0 Å². The van der Waals surface area contributed by atoms with Crippen LogP contribution in [-0.4, -0.2) is 6.68 Å². The van der Waals surface area contributed by atoms with Gasteiger partial charge < -0.3 is 24.0 Å². The molecular weight excluding hydrogens is 196 g/mol. The van der Waals surface area contributed by atoms with Crippen LogP contribution in [0.25, 0.3) is 0 Å². The van der Waals surface area contributed by atoms with Crippen molar-refractivity contribution in [1.29, 1.82) is 0 Å². The highest BCUT2D eigenvalue weighted by Crippen LogP contribution is 1.87. The Morgan fingerprint density at radius 2 is 1.00 bits per heavy atom. The minimum absolute atomic E-state index is 0. The highest BCUT2D eigenvalue weighted by molar-refractivity contribution is 3.83. The zero-order valence-corrected chi connectivity index (χ0v) is 4.25. The molecule has 0 heterocycles. The molecule has 0 nitrogen and oxygen atoms in total. The van der Waals surface area contributed by atoms with Crippen LogP contribution in [0.4, 0.5) is 13.2 Å². The Kier molecular flexibility index (Phi) is 8.23. The van der Waals surface area contributed by atoms with Gasteiger partial charge in [0.05, 0.1) is 0 Å². The lowest BCUT2D eigenvalue weighted by atomic mass is 11.6. The SMILES string of the molecule is FC(F)F.[I-]. The van der Waals surface area contributed by atoms with Crippen LogP contribution in [0.5, 0.6) is 0 Å². The zero-order chi connectivity index (χ0) is 3.58. The van der Waals surface area contributed by atoms with E-state index in [1.807, 2.05) is 0 Å². The van der Waals surface area contributed by atoms with Gasteiger partial charge in [-0.05, 0) is 0 Å². The van der Waals surface area contributed by atoms with Crippen molar-refractivity contribution in [2.75, 3.05) is 0 Å². The van der Waals surface area contributed by atoms with Gasteiger partial charge in [-0.3, -0.25) is 0 Å². The Bertz CT molecular complexity index is 11.6. The van der Waals surface area contributed by atoms with Gasteiger partial charge in [0.15, 0.2) is 0 Å². The molecule has 0 radical (unpaired) electrons. The molecule has 0 aliphatic heterocycles. The van der Waals surface area contributed by atoms with Crippen molar-refractivity contribution in [2.24, 2.45) is 0 Å². The minimum Gasteiger partial charge on any atom is -1.00 e. The van der Waals surface area contributed by atoms with E-state index in [4.69, 9.17) is 0 Å². The van der Waals surface area contributed by atoms with Crippen molar-refractivity contribution in [2.45, 2.75) is 6.68 Å². The van der Waals surface area contributed by atoms with E-state index in [2.05, 4.69) is 0 Å². The normalized spacial score (nSPS) is 7.20. The van der Waals surface area contributed by atoms with Gasteiger partial charge in [-0.2, -0.15) is 13.2 Å². The fourth-order valence-corrected chi connectivity index (χ4v) is 0. The molecule has 4 heteroatoms. The lowest BCUT2D eigenvalue weighted by Gasteiger charge is -1.65. The number of alkyl halides is 3. The lowest BCUT2D eigenvalue weighted by molar-refractivity contribution is -0.000104. The Balaban J connectivity index is 0. The first-order chi connectivity index (χ1) is 1.73. The molecule has 0 spiro atoms. The van der Waals surface area contributed by atoms with Gasteiger partial charge in [0.2, 0.25) is 0 Å². The molecule has 0 unspecified atom stereocenters. The predicted molar refractivity (Wildman–Crippen MR) is 7.11 cm³/mol. The number of rotatable bonds is 0. The van der Waals surface area contributed by atoms with Crippen LogP contribution in [0.1, 0.15) is 0 Å². The first kappa shape index (κ1) is 9.10. The summed E-state index contributed by atoms with van der Waals surface area (Å²) in [6, 6.07) is 0. The second-order valence-corrected chi connectivity index (χ2v) is 0.247. The quantitative estimate of drug-likeness (QED) is 0.401. The maximum Gasteiger partial charge on any atom is 0.379 e. The van der Waals surface area contributed by atoms with Crippen LogP contribution in [-0.2, 0) is 0 Å². The van der Waals surface area contributed by atoms with E-state index in [0.717, 1.165) is 0 Å². The molecule has 0 aliphatic rings. The van der Waals surface area contributed by atoms with Crippen LogP contribution in [0.3, 0.4) is 0 Å². The van der Waals surface area contributed by atoms with Gasteiger partial charge >= 0.3 is 6.68 Å². The number of halogens is 4. The van der Waals surface area contributed by atoms with E-state index < -0.39 is 6.68 Å². The largest absolute Gasteiger partial charge is 1.00 e. The molecule has 0 aromatic rings. The van der Waals surface area contributed by atoms with Gasteiger partial charge in [0.1, 0.15) is 0 Å². The van der Waals surface area contributed by atoms with Crippen LogP contribution in [0.15, 0.2) is 0 Å². The molecule has 0 bridgehead atoms. The molecule has 0 rings (SSSR count). The minimum atomic E-state index is -3.67. The summed E-state index contributed by atoms with van der Waals surface area (Å²) >= 11 is 0. The van der Waals surface area contributed by atoms with Crippen molar-refractivity contribution in [3.8, 4) is 0 Å². The van der Waals surface area contributed by atoms with Crippen molar-refractivity contribution < 1.29 is 37.1 Å². The fourth-order valence-electron chi connectivity index (χ4n) is 0. The molecule has 0 saturated carbocycles. The molecule has 0 atom stereocenters.